The number of ether oxygens (including phenoxy) is 2. The van der Waals surface area contributed by atoms with Gasteiger partial charge in [0.1, 0.15) is 23.0 Å². The lowest BCUT2D eigenvalue weighted by Crippen LogP contribution is -2.55. The molecular weight excluding hydrogens is 550 g/mol. The van der Waals surface area contributed by atoms with Crippen LogP contribution in [0.5, 0.6) is 5.75 Å². The fourth-order valence-electron chi connectivity index (χ4n) is 4.29. The normalized spacial score (nSPS) is 12.0. The van der Waals surface area contributed by atoms with Gasteiger partial charge < -0.3 is 14.8 Å². The van der Waals surface area contributed by atoms with Crippen LogP contribution in [0, 0.1) is 11.6 Å². The van der Waals surface area contributed by atoms with Gasteiger partial charge in [-0.3, -0.25) is 0 Å². The number of carbonyl (C=O) groups excluding carboxylic acids is 1. The topological polar surface area (TPSA) is 114 Å². The molecule has 1 aromatic heterocycles. The fraction of sp³-hybridized carbons (Fsp3) is 0.267. The lowest BCUT2D eigenvalue weighted by Gasteiger charge is -2.24. The van der Waals surface area contributed by atoms with E-state index in [1.165, 1.54) is 25.3 Å². The van der Waals surface area contributed by atoms with Crippen LogP contribution < -0.4 is 27.1 Å². The fourth-order valence-corrected chi connectivity index (χ4v) is 4.29. The molecule has 0 bridgehead atoms. The molecule has 42 heavy (non-hydrogen) atoms. The zero-order chi connectivity index (χ0) is 30.6. The first-order valence-corrected chi connectivity index (χ1v) is 13.0. The Kier molecular flexibility index (Phi) is 8.74. The maximum atomic E-state index is 14.6. The highest BCUT2D eigenvalue weighted by Crippen LogP contribution is 2.18. The van der Waals surface area contributed by atoms with Gasteiger partial charge in [0.25, 0.3) is 0 Å². The number of carbonyl (C=O) groups is 1. The first kappa shape index (κ1) is 30.0. The summed E-state index contributed by atoms with van der Waals surface area (Å²) in [5.74, 6) is -1.63. The van der Waals surface area contributed by atoms with Crippen molar-refractivity contribution in [3.63, 3.8) is 0 Å². The molecule has 10 nitrogen and oxygen atoms in total. The van der Waals surface area contributed by atoms with Gasteiger partial charge in [-0.05, 0) is 50.6 Å². The van der Waals surface area contributed by atoms with Crippen LogP contribution in [-0.2, 0) is 17.8 Å². The lowest BCUT2D eigenvalue weighted by molar-refractivity contribution is 0.0497. The molecule has 0 saturated carbocycles. The minimum Gasteiger partial charge on any atom is -0.497 e. The van der Waals surface area contributed by atoms with E-state index in [-0.39, 0.29) is 5.69 Å². The van der Waals surface area contributed by atoms with Gasteiger partial charge in [-0.15, -0.1) is 0 Å². The maximum Gasteiger partial charge on any atom is 0.408 e. The van der Waals surface area contributed by atoms with Gasteiger partial charge in [0.15, 0.2) is 0 Å². The Morgan fingerprint density at radius 1 is 0.857 bits per heavy atom. The third-order valence-corrected chi connectivity index (χ3v) is 6.25. The van der Waals surface area contributed by atoms with Crippen LogP contribution in [0.3, 0.4) is 0 Å². The maximum absolute atomic E-state index is 14.6. The van der Waals surface area contributed by atoms with Gasteiger partial charge >= 0.3 is 23.2 Å². The van der Waals surface area contributed by atoms with E-state index in [2.05, 4.69) is 5.32 Å². The Morgan fingerprint density at radius 3 is 2.10 bits per heavy atom. The minimum absolute atomic E-state index is 0.0530. The predicted octanol–water partition coefficient (Wildman–Crippen LogP) is 3.76. The van der Waals surface area contributed by atoms with E-state index in [1.54, 1.807) is 57.2 Å². The third-order valence-electron chi connectivity index (χ3n) is 6.25. The van der Waals surface area contributed by atoms with E-state index in [4.69, 9.17) is 9.47 Å². The van der Waals surface area contributed by atoms with Crippen molar-refractivity contribution < 1.29 is 23.0 Å². The molecular formula is C30H30F2N4O6. The first-order chi connectivity index (χ1) is 19.9. The Hall–Kier alpha value is -5.00. The number of benzene rings is 3. The number of nitrogens with zero attached hydrogens (tertiary/aromatic N) is 3. The smallest absolute Gasteiger partial charge is 0.408 e. The molecule has 0 unspecified atom stereocenters. The van der Waals surface area contributed by atoms with Gasteiger partial charge in [0, 0.05) is 11.6 Å². The van der Waals surface area contributed by atoms with Gasteiger partial charge in [0.05, 0.1) is 31.9 Å². The SMILES string of the molecule is COc1cccc(-n2c(=O)n(Cc3c(F)cccc3F)c(=O)n(C[C@@H](NC(=O)OC(C)(C)C)c3ccccc3)c2=O)c1. The summed E-state index contributed by atoms with van der Waals surface area (Å²) < 4.78 is 41.8. The summed E-state index contributed by atoms with van der Waals surface area (Å²) in [5, 5.41) is 2.68. The second kappa shape index (κ2) is 12.2. The molecule has 1 atom stereocenters. The molecule has 0 aliphatic heterocycles. The van der Waals surface area contributed by atoms with Crippen LogP contribution in [0.4, 0.5) is 13.6 Å². The Balaban J connectivity index is 1.93. The lowest BCUT2D eigenvalue weighted by atomic mass is 10.1. The number of alkyl carbamates (subject to hydrolysis) is 1. The Labute approximate surface area is 239 Å². The molecule has 0 saturated heterocycles. The first-order valence-electron chi connectivity index (χ1n) is 13.0. The number of hydrogen-bond acceptors (Lipinski definition) is 6. The van der Waals surface area contributed by atoms with Crippen LogP contribution in [0.1, 0.15) is 37.9 Å². The van der Waals surface area contributed by atoms with Gasteiger partial charge in [-0.2, -0.15) is 0 Å². The highest BCUT2D eigenvalue weighted by atomic mass is 19.1. The summed E-state index contributed by atoms with van der Waals surface area (Å²) in [6.07, 6.45) is -0.806. The van der Waals surface area contributed by atoms with Crippen molar-refractivity contribution in [2.45, 2.75) is 45.5 Å². The summed E-state index contributed by atoms with van der Waals surface area (Å²) in [7, 11) is 1.40. The molecule has 0 radical (unpaired) electrons. The number of nitrogens with one attached hydrogen (secondary N) is 1. The molecule has 0 spiro atoms. The number of methoxy groups -OCH3 is 1. The average Bonchev–Trinajstić information content (AvgIpc) is 2.93. The van der Waals surface area contributed by atoms with Crippen molar-refractivity contribution in [1.29, 1.82) is 0 Å². The second-order valence-corrected chi connectivity index (χ2v) is 10.4. The zero-order valence-corrected chi connectivity index (χ0v) is 23.5. The monoisotopic (exact) mass is 580 g/mol. The number of amides is 1. The summed E-state index contributed by atoms with van der Waals surface area (Å²) >= 11 is 0. The van der Waals surface area contributed by atoms with Crippen LogP contribution in [0.25, 0.3) is 5.69 Å². The van der Waals surface area contributed by atoms with Gasteiger partial charge in [0.2, 0.25) is 0 Å². The van der Waals surface area contributed by atoms with E-state index in [9.17, 15) is 28.0 Å². The van der Waals surface area contributed by atoms with Crippen LogP contribution in [0.2, 0.25) is 0 Å². The Bertz CT molecular complexity index is 1750. The quantitative estimate of drug-likeness (QED) is 0.340. The van der Waals surface area contributed by atoms with E-state index >= 15 is 0 Å². The highest BCUT2D eigenvalue weighted by molar-refractivity contribution is 5.68. The number of aromatic nitrogens is 3. The van der Waals surface area contributed by atoms with E-state index in [0.717, 1.165) is 22.8 Å². The molecule has 1 N–H and O–H groups in total. The molecule has 3 aromatic carbocycles. The summed E-state index contributed by atoms with van der Waals surface area (Å²) in [5.41, 5.74) is -4.07. The molecule has 220 valence electrons. The van der Waals surface area contributed by atoms with Crippen molar-refractivity contribution in [3.05, 3.63) is 127 Å². The number of hydrogen-bond donors (Lipinski definition) is 1. The number of rotatable bonds is 8. The van der Waals surface area contributed by atoms with Gasteiger partial charge in [-0.1, -0.05) is 42.5 Å². The summed E-state index contributed by atoms with van der Waals surface area (Å²) in [6, 6.07) is 16.7. The van der Waals surface area contributed by atoms with E-state index in [1.807, 2.05) is 0 Å². The van der Waals surface area contributed by atoms with Crippen molar-refractivity contribution in [2.24, 2.45) is 0 Å². The molecule has 0 fully saturated rings. The molecule has 0 aliphatic carbocycles. The molecule has 0 aliphatic rings. The van der Waals surface area contributed by atoms with Crippen LogP contribution in [-0.4, -0.2) is 32.5 Å². The predicted molar refractivity (Wildman–Crippen MR) is 151 cm³/mol. The average molecular weight is 581 g/mol. The molecule has 1 heterocycles. The Morgan fingerprint density at radius 2 is 1.48 bits per heavy atom. The van der Waals surface area contributed by atoms with Crippen LogP contribution in [0.15, 0.2) is 87.2 Å². The molecule has 4 aromatic rings. The van der Waals surface area contributed by atoms with Crippen molar-refractivity contribution >= 4 is 6.09 Å². The molecule has 12 heteroatoms. The third kappa shape index (κ3) is 6.65. The van der Waals surface area contributed by atoms with E-state index < -0.39 is 65.1 Å². The number of halogens is 2. The summed E-state index contributed by atoms with van der Waals surface area (Å²) in [6.45, 7) is 3.80. The van der Waals surface area contributed by atoms with Crippen molar-refractivity contribution in [2.75, 3.05) is 7.11 Å². The largest absolute Gasteiger partial charge is 0.497 e. The molecule has 1 amide bonds. The summed E-state index contributed by atoms with van der Waals surface area (Å²) in [4.78, 5) is 53.9. The van der Waals surface area contributed by atoms with Crippen molar-refractivity contribution in [3.8, 4) is 11.4 Å². The van der Waals surface area contributed by atoms with Gasteiger partial charge in [-0.25, -0.2) is 41.7 Å². The highest BCUT2D eigenvalue weighted by Gasteiger charge is 2.25. The van der Waals surface area contributed by atoms with Crippen LogP contribution >= 0.6 is 0 Å². The zero-order valence-electron chi connectivity index (χ0n) is 23.5. The minimum atomic E-state index is -1.13. The van der Waals surface area contributed by atoms with E-state index in [0.29, 0.717) is 20.4 Å². The van der Waals surface area contributed by atoms with Crippen molar-refractivity contribution in [1.82, 2.24) is 19.0 Å². The molecule has 4 rings (SSSR count). The second-order valence-electron chi connectivity index (χ2n) is 10.4. The standard InChI is InChI=1S/C30H30F2N4O6/c1-30(2,3)42-26(37)33-25(19-10-6-5-7-11-19)18-35-27(38)34(17-22-23(31)14-9-15-24(22)32)28(39)36(29(35)40)20-12-8-13-21(16-20)41-4/h5-16,25H,17-18H2,1-4H3,(H,33,37)/t25-/m1/s1.